The Morgan fingerprint density at radius 2 is 2.05 bits per heavy atom. The van der Waals surface area contributed by atoms with E-state index in [2.05, 4.69) is 0 Å². The summed E-state index contributed by atoms with van der Waals surface area (Å²) >= 11 is 0. The van der Waals surface area contributed by atoms with Gasteiger partial charge in [-0.2, -0.15) is 0 Å². The lowest BCUT2D eigenvalue weighted by atomic mass is 9.95. The lowest BCUT2D eigenvalue weighted by Crippen LogP contribution is -2.51. The van der Waals surface area contributed by atoms with Crippen molar-refractivity contribution < 1.29 is 14.7 Å². The van der Waals surface area contributed by atoms with Crippen molar-refractivity contribution in [1.82, 2.24) is 9.80 Å². The van der Waals surface area contributed by atoms with Crippen LogP contribution in [0.25, 0.3) is 0 Å². The van der Waals surface area contributed by atoms with E-state index in [-0.39, 0.29) is 18.4 Å². The monoisotopic (exact) mass is 268 g/mol. The summed E-state index contributed by atoms with van der Waals surface area (Å²) in [6.45, 7) is 3.71. The molecule has 19 heavy (non-hydrogen) atoms. The molecule has 2 aliphatic heterocycles. The van der Waals surface area contributed by atoms with Gasteiger partial charge in [0.15, 0.2) is 0 Å². The Morgan fingerprint density at radius 3 is 2.79 bits per heavy atom. The summed E-state index contributed by atoms with van der Waals surface area (Å²) in [6.07, 6.45) is 5.10. The van der Waals surface area contributed by atoms with E-state index >= 15 is 0 Å². The predicted octanol–water partition coefficient (Wildman–Crippen LogP) is 0.762. The molecule has 0 aromatic rings. The molecule has 1 atom stereocenters. The normalized spacial score (nSPS) is 29.3. The van der Waals surface area contributed by atoms with Crippen molar-refractivity contribution in [2.45, 2.75) is 51.0 Å². The highest BCUT2D eigenvalue weighted by Gasteiger charge is 2.32. The fourth-order valence-electron chi connectivity index (χ4n) is 2.90. The average molecular weight is 268 g/mol. The van der Waals surface area contributed by atoms with E-state index in [0.717, 1.165) is 32.1 Å². The molecule has 108 valence electrons. The minimum absolute atomic E-state index is 0.0322. The number of β-amino-alcohol motifs (C(OH)–C–C–N with tert-alkyl or cyclic N) is 1. The third-order valence-electron chi connectivity index (χ3n) is 4.03. The van der Waals surface area contributed by atoms with Crippen LogP contribution in [0.4, 0.5) is 0 Å². The summed E-state index contributed by atoms with van der Waals surface area (Å²) in [7, 11) is 0. The quantitative estimate of drug-likeness (QED) is 0.804. The molecule has 0 aromatic heterocycles. The van der Waals surface area contributed by atoms with Crippen LogP contribution < -0.4 is 0 Å². The maximum Gasteiger partial charge on any atom is 0.242 e. The topological polar surface area (TPSA) is 60.9 Å². The summed E-state index contributed by atoms with van der Waals surface area (Å²) in [5.41, 5.74) is -0.781. The Hall–Kier alpha value is -1.10. The molecule has 2 rings (SSSR count). The highest BCUT2D eigenvalue weighted by atomic mass is 16.3. The molecular weight excluding hydrogens is 244 g/mol. The number of hydrogen-bond donors (Lipinski definition) is 1. The zero-order chi connectivity index (χ0) is 13.9. The van der Waals surface area contributed by atoms with Gasteiger partial charge in [-0.05, 0) is 32.6 Å². The van der Waals surface area contributed by atoms with Crippen molar-refractivity contribution in [3.8, 4) is 0 Å². The first-order chi connectivity index (χ1) is 8.98. The summed E-state index contributed by atoms with van der Waals surface area (Å²) in [6, 6.07) is 0. The summed E-state index contributed by atoms with van der Waals surface area (Å²) in [5.74, 6) is 0.0600. The van der Waals surface area contributed by atoms with Gasteiger partial charge in [0.25, 0.3) is 0 Å². The Bertz CT molecular complexity index is 355. The van der Waals surface area contributed by atoms with Crippen LogP contribution in [0.15, 0.2) is 0 Å². The maximum atomic E-state index is 12.2. The van der Waals surface area contributed by atoms with Crippen molar-refractivity contribution in [1.29, 1.82) is 0 Å². The summed E-state index contributed by atoms with van der Waals surface area (Å²) in [4.78, 5) is 27.5. The number of piperidine rings is 1. The number of likely N-dealkylation sites (tertiary alicyclic amines) is 2. The summed E-state index contributed by atoms with van der Waals surface area (Å²) < 4.78 is 0. The maximum absolute atomic E-state index is 12.2. The van der Waals surface area contributed by atoms with Gasteiger partial charge in [0.1, 0.15) is 0 Å². The van der Waals surface area contributed by atoms with E-state index in [1.54, 1.807) is 16.7 Å². The van der Waals surface area contributed by atoms with Crippen LogP contribution in [0.5, 0.6) is 0 Å². The Morgan fingerprint density at radius 1 is 1.26 bits per heavy atom. The molecule has 0 spiro atoms. The number of hydrogen-bond acceptors (Lipinski definition) is 3. The highest BCUT2D eigenvalue weighted by molar-refractivity contribution is 5.85. The number of amides is 2. The minimum Gasteiger partial charge on any atom is -0.388 e. The van der Waals surface area contributed by atoms with Crippen LogP contribution >= 0.6 is 0 Å². The molecule has 0 radical (unpaired) electrons. The standard InChI is InChI=1S/C14H24N2O3/c1-14(19)7-5-9-16(11-14)13(18)10-15-8-4-2-3-6-12(15)17/h19H,2-11H2,1H3. The van der Waals surface area contributed by atoms with Gasteiger partial charge < -0.3 is 14.9 Å². The van der Waals surface area contributed by atoms with Gasteiger partial charge in [0, 0.05) is 26.1 Å². The molecule has 5 nitrogen and oxygen atoms in total. The molecule has 2 fully saturated rings. The van der Waals surface area contributed by atoms with Crippen molar-refractivity contribution in [3.63, 3.8) is 0 Å². The third-order valence-corrected chi connectivity index (χ3v) is 4.03. The van der Waals surface area contributed by atoms with Crippen LogP contribution in [0.3, 0.4) is 0 Å². The van der Waals surface area contributed by atoms with Crippen LogP contribution in [-0.2, 0) is 9.59 Å². The van der Waals surface area contributed by atoms with Crippen molar-refractivity contribution in [3.05, 3.63) is 0 Å². The molecule has 2 amide bonds. The van der Waals surface area contributed by atoms with Gasteiger partial charge in [0.2, 0.25) is 11.8 Å². The van der Waals surface area contributed by atoms with Crippen LogP contribution in [0.2, 0.25) is 0 Å². The van der Waals surface area contributed by atoms with E-state index < -0.39 is 5.60 Å². The van der Waals surface area contributed by atoms with E-state index in [4.69, 9.17) is 0 Å². The summed E-state index contributed by atoms with van der Waals surface area (Å²) in [5, 5.41) is 10.0. The second-order valence-corrected chi connectivity index (χ2v) is 6.04. The van der Waals surface area contributed by atoms with E-state index in [0.29, 0.717) is 26.1 Å². The van der Waals surface area contributed by atoms with Crippen molar-refractivity contribution in [2.75, 3.05) is 26.2 Å². The van der Waals surface area contributed by atoms with Crippen LogP contribution in [0, 0.1) is 0 Å². The van der Waals surface area contributed by atoms with Gasteiger partial charge in [-0.3, -0.25) is 9.59 Å². The minimum atomic E-state index is -0.781. The molecule has 0 bridgehead atoms. The third kappa shape index (κ3) is 3.93. The van der Waals surface area contributed by atoms with Crippen molar-refractivity contribution >= 4 is 11.8 Å². The number of rotatable bonds is 2. The molecule has 2 aliphatic rings. The number of aliphatic hydroxyl groups is 1. The smallest absolute Gasteiger partial charge is 0.242 e. The van der Waals surface area contributed by atoms with E-state index in [1.807, 2.05) is 0 Å². The molecular formula is C14H24N2O3. The molecule has 2 saturated heterocycles. The fourth-order valence-corrected chi connectivity index (χ4v) is 2.90. The van der Waals surface area contributed by atoms with Gasteiger partial charge in [0.05, 0.1) is 12.1 Å². The van der Waals surface area contributed by atoms with Crippen LogP contribution in [-0.4, -0.2) is 58.5 Å². The fraction of sp³-hybridized carbons (Fsp3) is 0.857. The second kappa shape index (κ2) is 5.90. The zero-order valence-corrected chi connectivity index (χ0v) is 11.7. The van der Waals surface area contributed by atoms with Gasteiger partial charge >= 0.3 is 0 Å². The lowest BCUT2D eigenvalue weighted by molar-refractivity contribution is -0.144. The average Bonchev–Trinajstić information content (AvgIpc) is 2.54. The first-order valence-electron chi connectivity index (χ1n) is 7.26. The number of carbonyl (C=O) groups is 2. The second-order valence-electron chi connectivity index (χ2n) is 6.04. The molecule has 1 unspecified atom stereocenters. The highest BCUT2D eigenvalue weighted by Crippen LogP contribution is 2.20. The molecule has 1 N–H and O–H groups in total. The Kier molecular flexibility index (Phi) is 4.45. The van der Waals surface area contributed by atoms with E-state index in [1.165, 1.54) is 0 Å². The predicted molar refractivity (Wildman–Crippen MR) is 71.5 cm³/mol. The first-order valence-corrected chi connectivity index (χ1v) is 7.26. The Balaban J connectivity index is 1.90. The van der Waals surface area contributed by atoms with Gasteiger partial charge in [-0.15, -0.1) is 0 Å². The number of nitrogens with zero attached hydrogens (tertiary/aromatic N) is 2. The van der Waals surface area contributed by atoms with Gasteiger partial charge in [-0.1, -0.05) is 6.42 Å². The van der Waals surface area contributed by atoms with Crippen molar-refractivity contribution in [2.24, 2.45) is 0 Å². The van der Waals surface area contributed by atoms with Crippen LogP contribution in [0.1, 0.15) is 45.4 Å². The largest absolute Gasteiger partial charge is 0.388 e. The number of carbonyl (C=O) groups excluding carboxylic acids is 2. The molecule has 2 heterocycles. The first kappa shape index (κ1) is 14.3. The lowest BCUT2D eigenvalue weighted by Gasteiger charge is -2.37. The van der Waals surface area contributed by atoms with E-state index in [9.17, 15) is 14.7 Å². The molecule has 0 saturated carbocycles. The molecule has 5 heteroatoms. The molecule has 0 aliphatic carbocycles. The zero-order valence-electron chi connectivity index (χ0n) is 11.7. The SMILES string of the molecule is CC1(O)CCCN(C(=O)CN2CCCCCC2=O)C1. The Labute approximate surface area is 114 Å². The van der Waals surface area contributed by atoms with Gasteiger partial charge in [-0.25, -0.2) is 0 Å². The molecule has 0 aromatic carbocycles.